The lowest BCUT2D eigenvalue weighted by molar-refractivity contribution is 0.0240. The summed E-state index contributed by atoms with van der Waals surface area (Å²) in [6, 6.07) is 8.17. The molecule has 1 saturated heterocycles. The van der Waals surface area contributed by atoms with Crippen LogP contribution in [0.2, 0.25) is 0 Å². The number of nitrogens with one attached hydrogen (secondary N) is 1. The molecule has 0 unspecified atom stereocenters. The third kappa shape index (κ3) is 4.36. The number of rotatable bonds is 7. The summed E-state index contributed by atoms with van der Waals surface area (Å²) in [5.41, 5.74) is 1.56. The SMILES string of the molecule is C=CCOc1ccccc1CNCC1(C)CCOCC1. The first-order valence-electron chi connectivity index (χ1n) is 7.34. The molecule has 0 bridgehead atoms. The van der Waals surface area contributed by atoms with Gasteiger partial charge in [0, 0.05) is 31.9 Å². The van der Waals surface area contributed by atoms with E-state index in [1.165, 1.54) is 5.56 Å². The average molecular weight is 275 g/mol. The van der Waals surface area contributed by atoms with Gasteiger partial charge in [0.15, 0.2) is 0 Å². The molecule has 110 valence electrons. The van der Waals surface area contributed by atoms with Crippen molar-refractivity contribution < 1.29 is 9.47 Å². The standard InChI is InChI=1S/C17H25NO2/c1-3-10-20-16-7-5-4-6-15(16)13-18-14-17(2)8-11-19-12-9-17/h3-7,18H,1,8-14H2,2H3. The summed E-state index contributed by atoms with van der Waals surface area (Å²) in [5, 5.41) is 3.57. The van der Waals surface area contributed by atoms with Gasteiger partial charge in [-0.2, -0.15) is 0 Å². The van der Waals surface area contributed by atoms with E-state index < -0.39 is 0 Å². The highest BCUT2D eigenvalue weighted by Gasteiger charge is 2.26. The minimum Gasteiger partial charge on any atom is -0.489 e. The quantitative estimate of drug-likeness (QED) is 0.775. The van der Waals surface area contributed by atoms with Crippen LogP contribution in [0.1, 0.15) is 25.3 Å². The Hall–Kier alpha value is -1.32. The minimum atomic E-state index is 0.356. The second-order valence-corrected chi connectivity index (χ2v) is 5.73. The van der Waals surface area contributed by atoms with Crippen LogP contribution in [-0.2, 0) is 11.3 Å². The maximum atomic E-state index is 5.68. The molecule has 0 radical (unpaired) electrons. The number of benzene rings is 1. The van der Waals surface area contributed by atoms with Crippen molar-refractivity contribution in [2.24, 2.45) is 5.41 Å². The number of ether oxygens (including phenoxy) is 2. The van der Waals surface area contributed by atoms with Crippen molar-refractivity contribution in [2.75, 3.05) is 26.4 Å². The third-order valence-corrected chi connectivity index (χ3v) is 3.90. The molecule has 1 fully saturated rings. The van der Waals surface area contributed by atoms with Gasteiger partial charge in [0.25, 0.3) is 0 Å². The van der Waals surface area contributed by atoms with Crippen molar-refractivity contribution in [1.29, 1.82) is 0 Å². The van der Waals surface area contributed by atoms with Crippen molar-refractivity contribution in [3.8, 4) is 5.75 Å². The molecule has 2 rings (SSSR count). The van der Waals surface area contributed by atoms with Gasteiger partial charge in [-0.1, -0.05) is 37.8 Å². The minimum absolute atomic E-state index is 0.356. The molecule has 0 atom stereocenters. The highest BCUT2D eigenvalue weighted by Crippen LogP contribution is 2.29. The Morgan fingerprint density at radius 3 is 2.85 bits per heavy atom. The molecule has 3 heteroatoms. The smallest absolute Gasteiger partial charge is 0.124 e. The van der Waals surface area contributed by atoms with E-state index in [4.69, 9.17) is 9.47 Å². The van der Waals surface area contributed by atoms with Crippen LogP contribution in [0.15, 0.2) is 36.9 Å². The first kappa shape index (κ1) is 15.1. The van der Waals surface area contributed by atoms with Gasteiger partial charge in [0.05, 0.1) is 0 Å². The van der Waals surface area contributed by atoms with Crippen molar-refractivity contribution in [1.82, 2.24) is 5.32 Å². The molecule has 1 aromatic rings. The molecule has 0 saturated carbocycles. The van der Waals surface area contributed by atoms with E-state index in [0.717, 1.165) is 44.9 Å². The zero-order valence-corrected chi connectivity index (χ0v) is 12.4. The first-order chi connectivity index (χ1) is 9.73. The molecular weight excluding hydrogens is 250 g/mol. The lowest BCUT2D eigenvalue weighted by atomic mass is 9.82. The summed E-state index contributed by atoms with van der Waals surface area (Å²) in [6.07, 6.45) is 4.04. The maximum Gasteiger partial charge on any atom is 0.124 e. The molecule has 1 N–H and O–H groups in total. The van der Waals surface area contributed by atoms with Gasteiger partial charge < -0.3 is 14.8 Å². The number of hydrogen-bond acceptors (Lipinski definition) is 3. The Bertz CT molecular complexity index is 425. The van der Waals surface area contributed by atoms with E-state index >= 15 is 0 Å². The third-order valence-electron chi connectivity index (χ3n) is 3.90. The molecule has 0 spiro atoms. The lowest BCUT2D eigenvalue weighted by Crippen LogP contribution is -2.36. The zero-order valence-electron chi connectivity index (χ0n) is 12.4. The number of para-hydroxylation sites is 1. The van der Waals surface area contributed by atoms with Crippen LogP contribution in [0.25, 0.3) is 0 Å². The molecule has 0 aliphatic carbocycles. The van der Waals surface area contributed by atoms with E-state index in [0.29, 0.717) is 12.0 Å². The van der Waals surface area contributed by atoms with Crippen LogP contribution in [-0.4, -0.2) is 26.4 Å². The normalized spacial score (nSPS) is 17.6. The Labute approximate surface area is 122 Å². The fraction of sp³-hybridized carbons (Fsp3) is 0.529. The summed E-state index contributed by atoms with van der Waals surface area (Å²) in [5.74, 6) is 0.942. The maximum absolute atomic E-state index is 5.68. The molecule has 3 nitrogen and oxygen atoms in total. The van der Waals surface area contributed by atoms with Crippen LogP contribution in [0.4, 0.5) is 0 Å². The van der Waals surface area contributed by atoms with Gasteiger partial charge in [0.2, 0.25) is 0 Å². The van der Waals surface area contributed by atoms with Crippen LogP contribution in [0, 0.1) is 5.41 Å². The van der Waals surface area contributed by atoms with Gasteiger partial charge in [-0.25, -0.2) is 0 Å². The van der Waals surface area contributed by atoms with Crippen LogP contribution in [0.3, 0.4) is 0 Å². The summed E-state index contributed by atoms with van der Waals surface area (Å²) >= 11 is 0. The van der Waals surface area contributed by atoms with Gasteiger partial charge in [-0.15, -0.1) is 0 Å². The second kappa shape index (κ2) is 7.46. The average Bonchev–Trinajstić information content (AvgIpc) is 2.47. The van der Waals surface area contributed by atoms with E-state index in [1.54, 1.807) is 6.08 Å². The van der Waals surface area contributed by atoms with Crippen LogP contribution < -0.4 is 10.1 Å². The van der Waals surface area contributed by atoms with Crippen molar-refractivity contribution in [2.45, 2.75) is 26.3 Å². The molecular formula is C17H25NO2. The summed E-state index contributed by atoms with van der Waals surface area (Å²) in [6.45, 7) is 10.2. The highest BCUT2D eigenvalue weighted by atomic mass is 16.5. The number of hydrogen-bond donors (Lipinski definition) is 1. The topological polar surface area (TPSA) is 30.5 Å². The molecule has 20 heavy (non-hydrogen) atoms. The van der Waals surface area contributed by atoms with E-state index in [-0.39, 0.29) is 0 Å². The molecule has 1 aliphatic heterocycles. The Morgan fingerprint density at radius 1 is 1.35 bits per heavy atom. The highest BCUT2D eigenvalue weighted by molar-refractivity contribution is 5.33. The fourth-order valence-corrected chi connectivity index (χ4v) is 2.48. The van der Waals surface area contributed by atoms with Gasteiger partial charge in [-0.3, -0.25) is 0 Å². The van der Waals surface area contributed by atoms with Gasteiger partial charge in [0.1, 0.15) is 12.4 Å². The second-order valence-electron chi connectivity index (χ2n) is 5.73. The molecule has 0 amide bonds. The van der Waals surface area contributed by atoms with E-state index in [9.17, 15) is 0 Å². The lowest BCUT2D eigenvalue weighted by Gasteiger charge is -2.33. The monoisotopic (exact) mass is 275 g/mol. The van der Waals surface area contributed by atoms with Crippen molar-refractivity contribution in [3.05, 3.63) is 42.5 Å². The van der Waals surface area contributed by atoms with E-state index in [2.05, 4.69) is 24.9 Å². The fourth-order valence-electron chi connectivity index (χ4n) is 2.48. The van der Waals surface area contributed by atoms with E-state index in [1.807, 2.05) is 18.2 Å². The zero-order chi connectivity index (χ0) is 14.3. The summed E-state index contributed by atoms with van der Waals surface area (Å²) in [4.78, 5) is 0. The van der Waals surface area contributed by atoms with Crippen molar-refractivity contribution in [3.63, 3.8) is 0 Å². The summed E-state index contributed by atoms with van der Waals surface area (Å²) in [7, 11) is 0. The molecule has 1 heterocycles. The molecule has 0 aromatic heterocycles. The van der Waals surface area contributed by atoms with Crippen molar-refractivity contribution >= 4 is 0 Å². The predicted octanol–water partition coefficient (Wildman–Crippen LogP) is 3.16. The summed E-state index contributed by atoms with van der Waals surface area (Å²) < 4.78 is 11.1. The molecule has 1 aliphatic rings. The predicted molar refractivity (Wildman–Crippen MR) is 82.0 cm³/mol. The largest absolute Gasteiger partial charge is 0.489 e. The van der Waals surface area contributed by atoms with Crippen LogP contribution >= 0.6 is 0 Å². The Balaban J connectivity index is 1.85. The Morgan fingerprint density at radius 2 is 2.10 bits per heavy atom. The van der Waals surface area contributed by atoms with Crippen LogP contribution in [0.5, 0.6) is 5.75 Å². The first-order valence-corrected chi connectivity index (χ1v) is 7.34. The van der Waals surface area contributed by atoms with Gasteiger partial charge in [-0.05, 0) is 24.3 Å². The molecule has 1 aromatic carbocycles. The van der Waals surface area contributed by atoms with Gasteiger partial charge >= 0.3 is 0 Å². The Kier molecular flexibility index (Phi) is 5.62.